The Hall–Kier alpha value is -2.61. The molecule has 2 unspecified atom stereocenters. The van der Waals surface area contributed by atoms with E-state index in [0.717, 1.165) is 0 Å². The first-order chi connectivity index (χ1) is 13.9. The molecule has 4 rings (SSSR count). The van der Waals surface area contributed by atoms with Crippen LogP contribution >= 0.6 is 34.5 Å². The van der Waals surface area contributed by atoms with Crippen molar-refractivity contribution in [2.24, 2.45) is 5.92 Å². The predicted molar refractivity (Wildman–Crippen MR) is 111 cm³/mol. The van der Waals surface area contributed by atoms with Crippen LogP contribution in [0.2, 0.25) is 10.0 Å². The molecule has 0 aliphatic carbocycles. The van der Waals surface area contributed by atoms with E-state index < -0.39 is 29.4 Å². The SMILES string of the molecule is Cc1nnc(N2C(=O)C(=O)C(C(=O)c3ccc(Cl)cc3)C2c2ccc(Cl)cc2)s1. The average Bonchev–Trinajstić information content (AvgIpc) is 3.24. The third kappa shape index (κ3) is 3.57. The number of anilines is 1. The zero-order valence-electron chi connectivity index (χ0n) is 15.0. The molecular weight excluding hydrogens is 433 g/mol. The Morgan fingerprint density at radius 3 is 2.10 bits per heavy atom. The largest absolute Gasteiger partial charge is 0.297 e. The monoisotopic (exact) mass is 445 g/mol. The number of carbonyl (C=O) groups excluding carboxylic acids is 3. The van der Waals surface area contributed by atoms with Crippen LogP contribution in [0.4, 0.5) is 5.13 Å². The maximum Gasteiger partial charge on any atom is 0.297 e. The molecule has 1 aliphatic heterocycles. The molecule has 9 heteroatoms. The highest BCUT2D eigenvalue weighted by atomic mass is 35.5. The zero-order valence-corrected chi connectivity index (χ0v) is 17.3. The van der Waals surface area contributed by atoms with Gasteiger partial charge < -0.3 is 0 Å². The van der Waals surface area contributed by atoms with Gasteiger partial charge in [-0.15, -0.1) is 10.2 Å². The van der Waals surface area contributed by atoms with Crippen molar-refractivity contribution in [3.05, 3.63) is 74.7 Å². The van der Waals surface area contributed by atoms with E-state index in [1.165, 1.54) is 16.2 Å². The second kappa shape index (κ2) is 7.67. The van der Waals surface area contributed by atoms with Crippen LogP contribution in [0.25, 0.3) is 0 Å². The number of rotatable bonds is 4. The number of carbonyl (C=O) groups is 3. The zero-order chi connectivity index (χ0) is 20.7. The second-order valence-electron chi connectivity index (χ2n) is 6.49. The summed E-state index contributed by atoms with van der Waals surface area (Å²) in [5, 5.41) is 9.85. The van der Waals surface area contributed by atoms with Crippen molar-refractivity contribution in [3.63, 3.8) is 0 Å². The molecular formula is C20H13Cl2N3O3S. The van der Waals surface area contributed by atoms with Gasteiger partial charge >= 0.3 is 0 Å². The minimum absolute atomic E-state index is 0.271. The van der Waals surface area contributed by atoms with Crippen LogP contribution in [0.1, 0.15) is 27.0 Å². The highest BCUT2D eigenvalue weighted by Gasteiger charge is 2.53. The fourth-order valence-corrected chi connectivity index (χ4v) is 4.29. The molecule has 1 amide bonds. The average molecular weight is 446 g/mol. The summed E-state index contributed by atoms with van der Waals surface area (Å²) in [7, 11) is 0. The van der Waals surface area contributed by atoms with Gasteiger partial charge in [0.05, 0.1) is 6.04 Å². The first-order valence-corrected chi connectivity index (χ1v) is 10.2. The minimum Gasteiger partial charge on any atom is -0.293 e. The molecule has 1 fully saturated rings. The molecule has 6 nitrogen and oxygen atoms in total. The van der Waals surface area contributed by atoms with Crippen LogP contribution in [-0.4, -0.2) is 27.7 Å². The van der Waals surface area contributed by atoms with Crippen LogP contribution in [0, 0.1) is 12.8 Å². The molecule has 1 saturated heterocycles. The van der Waals surface area contributed by atoms with Gasteiger partial charge in [0.1, 0.15) is 10.9 Å². The van der Waals surface area contributed by atoms with Gasteiger partial charge in [0.2, 0.25) is 10.9 Å². The first-order valence-electron chi connectivity index (χ1n) is 8.59. The van der Waals surface area contributed by atoms with Gasteiger partial charge in [0, 0.05) is 15.6 Å². The maximum absolute atomic E-state index is 13.2. The summed E-state index contributed by atoms with van der Waals surface area (Å²) in [5.74, 6) is -3.23. The number of nitrogens with zero attached hydrogens (tertiary/aromatic N) is 3. The van der Waals surface area contributed by atoms with Crippen LogP contribution < -0.4 is 4.90 Å². The van der Waals surface area contributed by atoms with E-state index in [0.29, 0.717) is 26.2 Å². The minimum atomic E-state index is -1.21. The van der Waals surface area contributed by atoms with Gasteiger partial charge in [-0.05, 0) is 48.9 Å². The van der Waals surface area contributed by atoms with E-state index in [1.807, 2.05) is 0 Å². The summed E-state index contributed by atoms with van der Waals surface area (Å²) < 4.78 is 0. The Labute approximate surface area is 180 Å². The quantitative estimate of drug-likeness (QED) is 0.339. The number of aromatic nitrogens is 2. The third-order valence-electron chi connectivity index (χ3n) is 4.65. The number of hydrogen-bond donors (Lipinski definition) is 0. The molecule has 29 heavy (non-hydrogen) atoms. The van der Waals surface area contributed by atoms with Gasteiger partial charge in [-0.25, -0.2) is 0 Å². The van der Waals surface area contributed by atoms with Crippen LogP contribution in [0.3, 0.4) is 0 Å². The van der Waals surface area contributed by atoms with E-state index in [4.69, 9.17) is 23.2 Å². The summed E-state index contributed by atoms with van der Waals surface area (Å²) in [6.07, 6.45) is 0. The van der Waals surface area contributed by atoms with Gasteiger partial charge in [-0.1, -0.05) is 46.7 Å². The van der Waals surface area contributed by atoms with E-state index in [9.17, 15) is 14.4 Å². The second-order valence-corrected chi connectivity index (χ2v) is 8.52. The number of aryl methyl sites for hydroxylation is 1. The number of Topliss-reactive ketones (excluding diaryl/α,β-unsaturated/α-hetero) is 2. The lowest BCUT2D eigenvalue weighted by Gasteiger charge is -2.24. The number of amides is 1. The van der Waals surface area contributed by atoms with Crippen LogP contribution in [0.15, 0.2) is 48.5 Å². The van der Waals surface area contributed by atoms with E-state index >= 15 is 0 Å². The molecule has 2 aromatic carbocycles. The lowest BCUT2D eigenvalue weighted by Crippen LogP contribution is -2.30. The molecule has 2 atom stereocenters. The number of ketones is 2. The van der Waals surface area contributed by atoms with Gasteiger partial charge in [-0.2, -0.15) is 0 Å². The number of benzene rings is 2. The van der Waals surface area contributed by atoms with Crippen molar-refractivity contribution >= 4 is 57.1 Å². The summed E-state index contributed by atoms with van der Waals surface area (Å²) in [4.78, 5) is 40.3. The Morgan fingerprint density at radius 2 is 1.55 bits per heavy atom. The van der Waals surface area contributed by atoms with Crippen molar-refractivity contribution in [1.82, 2.24) is 10.2 Å². The highest BCUT2D eigenvalue weighted by molar-refractivity contribution is 7.15. The maximum atomic E-state index is 13.2. The van der Waals surface area contributed by atoms with E-state index in [1.54, 1.807) is 55.5 Å². The van der Waals surface area contributed by atoms with Gasteiger partial charge in [0.15, 0.2) is 5.78 Å². The van der Waals surface area contributed by atoms with Crippen molar-refractivity contribution < 1.29 is 14.4 Å². The predicted octanol–water partition coefficient (Wildman–Crippen LogP) is 4.31. The molecule has 0 N–H and O–H groups in total. The van der Waals surface area contributed by atoms with Crippen molar-refractivity contribution in [2.75, 3.05) is 4.90 Å². The summed E-state index contributed by atoms with van der Waals surface area (Å²) in [6.45, 7) is 1.75. The fraction of sp³-hybridized carbons (Fsp3) is 0.150. The topological polar surface area (TPSA) is 80.2 Å². The lowest BCUT2D eigenvalue weighted by molar-refractivity contribution is -0.135. The molecule has 0 spiro atoms. The fourth-order valence-electron chi connectivity index (χ4n) is 3.32. The Bertz CT molecular complexity index is 1110. The summed E-state index contributed by atoms with van der Waals surface area (Å²) >= 11 is 13.1. The number of hydrogen-bond acceptors (Lipinski definition) is 6. The highest BCUT2D eigenvalue weighted by Crippen LogP contribution is 2.42. The lowest BCUT2D eigenvalue weighted by atomic mass is 9.86. The summed E-state index contributed by atoms with van der Waals surface area (Å²) in [6, 6.07) is 12.1. The third-order valence-corrected chi connectivity index (χ3v) is 5.99. The molecule has 2 heterocycles. The summed E-state index contributed by atoms with van der Waals surface area (Å²) in [5.41, 5.74) is 0.906. The smallest absolute Gasteiger partial charge is 0.293 e. The van der Waals surface area contributed by atoms with E-state index in [-0.39, 0.29) is 5.13 Å². The van der Waals surface area contributed by atoms with Gasteiger partial charge in [0.25, 0.3) is 5.91 Å². The molecule has 0 radical (unpaired) electrons. The van der Waals surface area contributed by atoms with Crippen molar-refractivity contribution in [2.45, 2.75) is 13.0 Å². The molecule has 3 aromatic rings. The normalized spacial score (nSPS) is 19.1. The Morgan fingerprint density at radius 1 is 0.966 bits per heavy atom. The molecule has 0 saturated carbocycles. The van der Waals surface area contributed by atoms with Gasteiger partial charge in [-0.3, -0.25) is 19.3 Å². The van der Waals surface area contributed by atoms with Crippen molar-refractivity contribution in [1.29, 1.82) is 0 Å². The molecule has 1 aliphatic rings. The first kappa shape index (κ1) is 19.7. The Balaban J connectivity index is 1.84. The molecule has 0 bridgehead atoms. The Kier molecular flexibility index (Phi) is 5.21. The van der Waals surface area contributed by atoms with E-state index in [2.05, 4.69) is 10.2 Å². The molecule has 146 valence electrons. The van der Waals surface area contributed by atoms with Crippen LogP contribution in [-0.2, 0) is 9.59 Å². The van der Waals surface area contributed by atoms with Crippen molar-refractivity contribution in [3.8, 4) is 0 Å². The standard InChI is InChI=1S/C20H13Cl2N3O3S/c1-10-23-24-20(29-10)25-16(11-2-6-13(21)7-3-11)15(18(27)19(25)28)17(26)12-4-8-14(22)9-5-12/h2-9,15-16H,1H3. The molecule has 1 aromatic heterocycles. The number of halogens is 2. The van der Waals surface area contributed by atoms with Crippen LogP contribution in [0.5, 0.6) is 0 Å².